The Morgan fingerprint density at radius 2 is 2.05 bits per heavy atom. The number of nitrogens with two attached hydrogens (primary N) is 1. The highest BCUT2D eigenvalue weighted by atomic mass is 16.5. The maximum Gasteiger partial charge on any atom is 0.160 e. The molecule has 1 unspecified atom stereocenters. The topological polar surface area (TPSA) is 61.0 Å². The molecule has 2 N–H and O–H groups in total. The molecule has 0 amide bonds. The van der Waals surface area contributed by atoms with E-state index in [1.165, 1.54) is 12.8 Å². The van der Waals surface area contributed by atoms with Crippen molar-refractivity contribution in [1.29, 1.82) is 0 Å². The lowest BCUT2D eigenvalue weighted by Gasteiger charge is -2.28. The summed E-state index contributed by atoms with van der Waals surface area (Å²) in [5, 5.41) is 0. The van der Waals surface area contributed by atoms with Crippen LogP contribution in [-0.2, 0) is 16.8 Å². The summed E-state index contributed by atoms with van der Waals surface area (Å²) in [6.07, 6.45) is 5.24. The first-order valence-electron chi connectivity index (χ1n) is 7.30. The van der Waals surface area contributed by atoms with Crippen molar-refractivity contribution in [3.63, 3.8) is 0 Å². The van der Waals surface area contributed by atoms with Crippen molar-refractivity contribution in [2.45, 2.75) is 64.5 Å². The number of hydrogen-bond acceptors (Lipinski definition) is 4. The highest BCUT2D eigenvalue weighted by Gasteiger charge is 2.39. The van der Waals surface area contributed by atoms with Crippen LogP contribution in [-0.4, -0.2) is 22.6 Å². The molecule has 106 valence electrons. The molecule has 1 aromatic heterocycles. The third kappa shape index (κ3) is 3.31. The Bertz CT molecular complexity index is 425. The zero-order valence-corrected chi connectivity index (χ0v) is 12.3. The van der Waals surface area contributed by atoms with E-state index in [9.17, 15) is 0 Å². The second kappa shape index (κ2) is 5.97. The predicted molar refractivity (Wildman–Crippen MR) is 75.9 cm³/mol. The SMILES string of the molecule is CCOC1(c2nc(C)cc(CC(C)N)n2)CCCC1. The molecule has 19 heavy (non-hydrogen) atoms. The van der Waals surface area contributed by atoms with E-state index in [2.05, 4.69) is 4.98 Å². The fourth-order valence-corrected chi connectivity index (χ4v) is 2.93. The lowest BCUT2D eigenvalue weighted by atomic mass is 10.00. The Morgan fingerprint density at radius 3 is 2.63 bits per heavy atom. The lowest BCUT2D eigenvalue weighted by Crippen LogP contribution is -2.30. The molecule has 4 nitrogen and oxygen atoms in total. The first-order chi connectivity index (χ1) is 9.05. The first kappa shape index (κ1) is 14.4. The van der Waals surface area contributed by atoms with Gasteiger partial charge in [0.15, 0.2) is 5.82 Å². The molecule has 0 saturated heterocycles. The van der Waals surface area contributed by atoms with Crippen molar-refractivity contribution in [1.82, 2.24) is 9.97 Å². The van der Waals surface area contributed by atoms with Crippen molar-refractivity contribution >= 4 is 0 Å². The van der Waals surface area contributed by atoms with Crippen LogP contribution in [0.4, 0.5) is 0 Å². The molecule has 1 heterocycles. The third-order valence-corrected chi connectivity index (χ3v) is 3.68. The summed E-state index contributed by atoms with van der Waals surface area (Å²) < 4.78 is 6.04. The summed E-state index contributed by atoms with van der Waals surface area (Å²) in [4.78, 5) is 9.37. The van der Waals surface area contributed by atoms with E-state index in [-0.39, 0.29) is 11.6 Å². The number of aryl methyl sites for hydroxylation is 1. The second-order valence-electron chi connectivity index (χ2n) is 5.64. The molecule has 1 atom stereocenters. The van der Waals surface area contributed by atoms with Gasteiger partial charge in [0.2, 0.25) is 0 Å². The molecule has 2 rings (SSSR count). The molecular formula is C15H25N3O. The second-order valence-corrected chi connectivity index (χ2v) is 5.64. The van der Waals surface area contributed by atoms with Crippen LogP contribution in [0.3, 0.4) is 0 Å². The summed E-state index contributed by atoms with van der Waals surface area (Å²) in [6, 6.07) is 2.15. The van der Waals surface area contributed by atoms with Crippen LogP contribution in [0, 0.1) is 6.92 Å². The van der Waals surface area contributed by atoms with Crippen LogP contribution in [0.1, 0.15) is 56.7 Å². The van der Waals surface area contributed by atoms with Crippen molar-refractivity contribution in [3.05, 3.63) is 23.3 Å². The van der Waals surface area contributed by atoms with Crippen molar-refractivity contribution in [2.24, 2.45) is 5.73 Å². The summed E-state index contributed by atoms with van der Waals surface area (Å²) in [6.45, 7) is 6.77. The van der Waals surface area contributed by atoms with E-state index in [1.807, 2.05) is 26.8 Å². The maximum absolute atomic E-state index is 6.04. The van der Waals surface area contributed by atoms with Gasteiger partial charge in [-0.1, -0.05) is 0 Å². The fourth-order valence-electron chi connectivity index (χ4n) is 2.93. The number of aromatic nitrogens is 2. The Hall–Kier alpha value is -1.00. The normalized spacial score (nSPS) is 19.6. The van der Waals surface area contributed by atoms with Gasteiger partial charge in [0, 0.05) is 30.5 Å². The van der Waals surface area contributed by atoms with Gasteiger partial charge in [-0.15, -0.1) is 0 Å². The molecule has 1 aliphatic rings. The maximum atomic E-state index is 6.04. The van der Waals surface area contributed by atoms with Crippen molar-refractivity contribution in [2.75, 3.05) is 6.61 Å². The molecule has 0 bridgehead atoms. The lowest BCUT2D eigenvalue weighted by molar-refractivity contribution is -0.0459. The van der Waals surface area contributed by atoms with Gasteiger partial charge in [-0.3, -0.25) is 0 Å². The molecular weight excluding hydrogens is 238 g/mol. The smallest absolute Gasteiger partial charge is 0.160 e. The van der Waals surface area contributed by atoms with Gasteiger partial charge < -0.3 is 10.5 Å². The van der Waals surface area contributed by atoms with E-state index in [4.69, 9.17) is 15.5 Å². The van der Waals surface area contributed by atoms with Crippen LogP contribution < -0.4 is 5.73 Å². The van der Waals surface area contributed by atoms with Crippen molar-refractivity contribution in [3.8, 4) is 0 Å². The largest absolute Gasteiger partial charge is 0.367 e. The van der Waals surface area contributed by atoms with Gasteiger partial charge in [-0.05, 0) is 52.5 Å². The van der Waals surface area contributed by atoms with Crippen LogP contribution in [0.25, 0.3) is 0 Å². The highest BCUT2D eigenvalue weighted by Crippen LogP contribution is 2.40. The van der Waals surface area contributed by atoms with Crippen LogP contribution in [0.15, 0.2) is 6.07 Å². The molecule has 1 saturated carbocycles. The Morgan fingerprint density at radius 1 is 1.37 bits per heavy atom. The molecule has 0 radical (unpaired) electrons. The van der Waals surface area contributed by atoms with E-state index < -0.39 is 0 Å². The molecule has 4 heteroatoms. The number of ether oxygens (including phenoxy) is 1. The van der Waals surface area contributed by atoms with Crippen LogP contribution >= 0.6 is 0 Å². The molecule has 0 aliphatic heterocycles. The highest BCUT2D eigenvalue weighted by molar-refractivity contribution is 5.16. The van der Waals surface area contributed by atoms with E-state index in [0.29, 0.717) is 6.61 Å². The van der Waals surface area contributed by atoms with Gasteiger partial charge in [0.05, 0.1) is 0 Å². The molecule has 0 aromatic carbocycles. The van der Waals surface area contributed by atoms with Gasteiger partial charge in [0.25, 0.3) is 0 Å². The van der Waals surface area contributed by atoms with Gasteiger partial charge in [0.1, 0.15) is 5.60 Å². The molecule has 1 aromatic rings. The molecule has 1 fully saturated rings. The zero-order valence-electron chi connectivity index (χ0n) is 12.3. The quantitative estimate of drug-likeness (QED) is 0.886. The minimum absolute atomic E-state index is 0.119. The van der Waals surface area contributed by atoms with Gasteiger partial charge in [-0.2, -0.15) is 0 Å². The number of rotatable bonds is 5. The summed E-state index contributed by atoms with van der Waals surface area (Å²) in [5.41, 5.74) is 7.66. The fraction of sp³-hybridized carbons (Fsp3) is 0.733. The molecule has 0 spiro atoms. The van der Waals surface area contributed by atoms with Crippen LogP contribution in [0.2, 0.25) is 0 Å². The summed E-state index contributed by atoms with van der Waals surface area (Å²) >= 11 is 0. The first-order valence-corrected chi connectivity index (χ1v) is 7.30. The van der Waals surface area contributed by atoms with Gasteiger partial charge >= 0.3 is 0 Å². The van der Waals surface area contributed by atoms with Gasteiger partial charge in [-0.25, -0.2) is 9.97 Å². The standard InChI is InChI=1S/C15H25N3O/c1-4-19-15(7-5-6-8-15)14-17-12(3)10-13(18-14)9-11(2)16/h10-11H,4-9,16H2,1-3H3. The van der Waals surface area contributed by atoms with Crippen LogP contribution in [0.5, 0.6) is 0 Å². The summed E-state index contributed by atoms with van der Waals surface area (Å²) in [7, 11) is 0. The minimum atomic E-state index is -0.257. The Labute approximate surface area is 115 Å². The van der Waals surface area contributed by atoms with E-state index in [0.717, 1.165) is 36.5 Å². The minimum Gasteiger partial charge on any atom is -0.367 e. The van der Waals surface area contributed by atoms with E-state index >= 15 is 0 Å². The molecule has 1 aliphatic carbocycles. The summed E-state index contributed by atoms with van der Waals surface area (Å²) in [5.74, 6) is 0.863. The third-order valence-electron chi connectivity index (χ3n) is 3.68. The number of nitrogens with zero attached hydrogens (tertiary/aromatic N) is 2. The average Bonchev–Trinajstić information content (AvgIpc) is 2.77. The zero-order chi connectivity index (χ0) is 13.9. The Kier molecular flexibility index (Phi) is 4.53. The van der Waals surface area contributed by atoms with Crippen molar-refractivity contribution < 1.29 is 4.74 Å². The average molecular weight is 263 g/mol. The van der Waals surface area contributed by atoms with E-state index in [1.54, 1.807) is 0 Å². The Balaban J connectivity index is 2.34. The monoisotopic (exact) mass is 263 g/mol. The predicted octanol–water partition coefficient (Wildman–Crippen LogP) is 2.48. The number of hydrogen-bond donors (Lipinski definition) is 1.